The number of esters is 1. The standard InChI is InChI=1S/C16H17NO6S/c1-11(13-7-5-9-22-13)17-15(18)10-23-16(19)12-6-3-4-8-14(12)24(2,20)21/h3-9,11H,10H2,1-2H3,(H,17,18)/t11-/m0/s1. The molecular weight excluding hydrogens is 334 g/mol. The minimum absolute atomic E-state index is 0.105. The van der Waals surface area contributed by atoms with Crippen LogP contribution in [0.5, 0.6) is 0 Å². The average Bonchev–Trinajstić information content (AvgIpc) is 3.06. The van der Waals surface area contributed by atoms with Crippen LogP contribution in [0.15, 0.2) is 52.0 Å². The molecule has 1 aromatic heterocycles. The summed E-state index contributed by atoms with van der Waals surface area (Å²) in [5, 5.41) is 2.61. The molecule has 1 heterocycles. The maximum atomic E-state index is 12.0. The van der Waals surface area contributed by atoms with Crippen LogP contribution in [-0.4, -0.2) is 33.2 Å². The first-order valence-corrected chi connectivity index (χ1v) is 8.97. The van der Waals surface area contributed by atoms with Crippen molar-refractivity contribution in [1.82, 2.24) is 5.32 Å². The number of carbonyl (C=O) groups excluding carboxylic acids is 2. The van der Waals surface area contributed by atoms with Crippen LogP contribution in [-0.2, 0) is 19.4 Å². The Kier molecular flexibility index (Phi) is 5.40. The van der Waals surface area contributed by atoms with Gasteiger partial charge in [0.2, 0.25) is 0 Å². The Bertz CT molecular complexity index is 826. The topological polar surface area (TPSA) is 103 Å². The fourth-order valence-corrected chi connectivity index (χ4v) is 2.94. The number of carbonyl (C=O) groups is 2. The van der Waals surface area contributed by atoms with E-state index in [9.17, 15) is 18.0 Å². The summed E-state index contributed by atoms with van der Waals surface area (Å²) in [6, 6.07) is 8.69. The first-order chi connectivity index (χ1) is 11.3. The number of hydrogen-bond donors (Lipinski definition) is 1. The SMILES string of the molecule is C[C@H](NC(=O)COC(=O)c1ccccc1S(C)(=O)=O)c1ccco1. The quantitative estimate of drug-likeness (QED) is 0.795. The average molecular weight is 351 g/mol. The number of sulfone groups is 1. The van der Waals surface area contributed by atoms with Gasteiger partial charge in [0.1, 0.15) is 5.76 Å². The first-order valence-electron chi connectivity index (χ1n) is 7.08. The van der Waals surface area contributed by atoms with E-state index in [1.54, 1.807) is 19.1 Å². The summed E-state index contributed by atoms with van der Waals surface area (Å²) >= 11 is 0. The smallest absolute Gasteiger partial charge is 0.339 e. The molecule has 7 nitrogen and oxygen atoms in total. The van der Waals surface area contributed by atoms with E-state index in [2.05, 4.69) is 5.32 Å². The molecule has 0 fully saturated rings. The van der Waals surface area contributed by atoms with Crippen LogP contribution in [0.3, 0.4) is 0 Å². The number of furan rings is 1. The minimum Gasteiger partial charge on any atom is -0.467 e. The lowest BCUT2D eigenvalue weighted by atomic mass is 10.2. The molecule has 1 aromatic carbocycles. The van der Waals surface area contributed by atoms with Gasteiger partial charge < -0.3 is 14.5 Å². The van der Waals surface area contributed by atoms with Crippen LogP contribution < -0.4 is 5.32 Å². The van der Waals surface area contributed by atoms with Gasteiger partial charge in [0.05, 0.1) is 22.8 Å². The molecule has 8 heteroatoms. The Hall–Kier alpha value is -2.61. The zero-order valence-electron chi connectivity index (χ0n) is 13.2. The third-order valence-corrected chi connectivity index (χ3v) is 4.34. The van der Waals surface area contributed by atoms with Crippen molar-refractivity contribution in [2.45, 2.75) is 17.9 Å². The third-order valence-electron chi connectivity index (χ3n) is 3.19. The third kappa shape index (κ3) is 4.45. The van der Waals surface area contributed by atoms with Gasteiger partial charge in [-0.1, -0.05) is 12.1 Å². The van der Waals surface area contributed by atoms with Gasteiger partial charge in [-0.25, -0.2) is 13.2 Å². The van der Waals surface area contributed by atoms with Gasteiger partial charge in [-0.15, -0.1) is 0 Å². The van der Waals surface area contributed by atoms with Crippen molar-refractivity contribution in [2.24, 2.45) is 0 Å². The van der Waals surface area contributed by atoms with Crippen LogP contribution in [0.4, 0.5) is 0 Å². The van der Waals surface area contributed by atoms with Gasteiger partial charge in [-0.3, -0.25) is 4.79 Å². The van der Waals surface area contributed by atoms with Gasteiger partial charge in [0.15, 0.2) is 16.4 Å². The first kappa shape index (κ1) is 17.7. The summed E-state index contributed by atoms with van der Waals surface area (Å²) in [6.45, 7) is 1.19. The number of rotatable bonds is 6. The fraction of sp³-hybridized carbons (Fsp3) is 0.250. The highest BCUT2D eigenvalue weighted by atomic mass is 32.2. The Balaban J connectivity index is 1.98. The molecule has 128 valence electrons. The molecule has 0 spiro atoms. The lowest BCUT2D eigenvalue weighted by molar-refractivity contribution is -0.125. The second-order valence-corrected chi connectivity index (χ2v) is 7.13. The molecule has 0 aliphatic carbocycles. The summed E-state index contributed by atoms with van der Waals surface area (Å²) in [5.74, 6) is -0.835. The molecule has 0 aliphatic rings. The summed E-state index contributed by atoms with van der Waals surface area (Å²) in [6.07, 6.45) is 2.48. The molecule has 0 saturated heterocycles. The van der Waals surface area contributed by atoms with Crippen molar-refractivity contribution in [3.63, 3.8) is 0 Å². The van der Waals surface area contributed by atoms with Gasteiger partial charge in [0, 0.05) is 6.26 Å². The van der Waals surface area contributed by atoms with E-state index in [0.29, 0.717) is 5.76 Å². The lowest BCUT2D eigenvalue weighted by Gasteiger charge is -2.12. The van der Waals surface area contributed by atoms with Crippen LogP contribution in [0.1, 0.15) is 29.1 Å². The highest BCUT2D eigenvalue weighted by Crippen LogP contribution is 2.16. The van der Waals surface area contributed by atoms with Gasteiger partial charge in [-0.2, -0.15) is 0 Å². The second-order valence-electron chi connectivity index (χ2n) is 5.15. The van der Waals surface area contributed by atoms with E-state index in [-0.39, 0.29) is 16.5 Å². The molecule has 0 unspecified atom stereocenters. The second kappa shape index (κ2) is 7.31. The van der Waals surface area contributed by atoms with Gasteiger partial charge >= 0.3 is 5.97 Å². The molecule has 0 bridgehead atoms. The van der Waals surface area contributed by atoms with E-state index in [4.69, 9.17) is 9.15 Å². The largest absolute Gasteiger partial charge is 0.467 e. The Morgan fingerprint density at radius 3 is 2.54 bits per heavy atom. The molecule has 0 aliphatic heterocycles. The Morgan fingerprint density at radius 1 is 1.21 bits per heavy atom. The highest BCUT2D eigenvalue weighted by Gasteiger charge is 2.20. The van der Waals surface area contributed by atoms with Crippen molar-refractivity contribution >= 4 is 21.7 Å². The molecule has 1 amide bonds. The maximum Gasteiger partial charge on any atom is 0.339 e. The molecule has 1 atom stereocenters. The monoisotopic (exact) mass is 351 g/mol. The predicted octanol–water partition coefficient (Wildman–Crippen LogP) is 1.72. The van der Waals surface area contributed by atoms with E-state index in [1.807, 2.05) is 0 Å². The number of benzene rings is 1. The van der Waals surface area contributed by atoms with E-state index in [1.165, 1.54) is 30.5 Å². The summed E-state index contributed by atoms with van der Waals surface area (Å²) in [5.41, 5.74) is -0.105. The molecule has 1 N–H and O–H groups in total. The molecule has 2 aromatic rings. The van der Waals surface area contributed by atoms with Crippen LogP contribution in [0, 0.1) is 0 Å². The predicted molar refractivity (Wildman–Crippen MR) is 85.1 cm³/mol. The summed E-state index contributed by atoms with van der Waals surface area (Å²) < 4.78 is 33.4. The zero-order chi connectivity index (χ0) is 17.7. The van der Waals surface area contributed by atoms with Crippen molar-refractivity contribution in [2.75, 3.05) is 12.9 Å². The molecule has 2 rings (SSSR count). The summed E-state index contributed by atoms with van der Waals surface area (Å²) in [4.78, 5) is 23.7. The molecule has 24 heavy (non-hydrogen) atoms. The normalized spacial score (nSPS) is 12.4. The Morgan fingerprint density at radius 2 is 1.92 bits per heavy atom. The molecular formula is C16H17NO6S. The van der Waals surface area contributed by atoms with Gasteiger partial charge in [-0.05, 0) is 31.2 Å². The van der Waals surface area contributed by atoms with Crippen LogP contribution in [0.25, 0.3) is 0 Å². The van der Waals surface area contributed by atoms with Crippen LogP contribution in [0.2, 0.25) is 0 Å². The maximum absolute atomic E-state index is 12.0. The van der Waals surface area contributed by atoms with Crippen molar-refractivity contribution in [1.29, 1.82) is 0 Å². The number of nitrogens with one attached hydrogen (secondary N) is 1. The molecule has 0 saturated carbocycles. The summed E-state index contributed by atoms with van der Waals surface area (Å²) in [7, 11) is -3.58. The Labute approximate surface area is 139 Å². The van der Waals surface area contributed by atoms with E-state index < -0.39 is 28.3 Å². The van der Waals surface area contributed by atoms with E-state index >= 15 is 0 Å². The fourth-order valence-electron chi connectivity index (χ4n) is 2.06. The van der Waals surface area contributed by atoms with Gasteiger partial charge in [0.25, 0.3) is 5.91 Å². The molecule has 0 radical (unpaired) electrons. The lowest BCUT2D eigenvalue weighted by Crippen LogP contribution is -2.31. The minimum atomic E-state index is -3.58. The number of amides is 1. The van der Waals surface area contributed by atoms with Crippen LogP contribution >= 0.6 is 0 Å². The number of hydrogen-bond acceptors (Lipinski definition) is 6. The zero-order valence-corrected chi connectivity index (χ0v) is 14.0. The van der Waals surface area contributed by atoms with Crippen molar-refractivity contribution in [3.8, 4) is 0 Å². The number of ether oxygens (including phenoxy) is 1. The van der Waals surface area contributed by atoms with E-state index in [0.717, 1.165) is 6.26 Å². The van der Waals surface area contributed by atoms with Crippen molar-refractivity contribution < 1.29 is 27.2 Å². The highest BCUT2D eigenvalue weighted by molar-refractivity contribution is 7.90. The van der Waals surface area contributed by atoms with Crippen molar-refractivity contribution in [3.05, 3.63) is 54.0 Å².